The number of allylic oxidation sites excluding steroid dienone is 1. The molecule has 0 saturated heterocycles. The highest BCUT2D eigenvalue weighted by Crippen LogP contribution is 2.43. The molecule has 0 saturated carbocycles. The Kier molecular flexibility index (Phi) is 6.53. The van der Waals surface area contributed by atoms with Crippen LogP contribution in [0.2, 0.25) is 18.1 Å². The van der Waals surface area contributed by atoms with Crippen molar-refractivity contribution in [3.63, 3.8) is 0 Å². The third kappa shape index (κ3) is 4.68. The summed E-state index contributed by atoms with van der Waals surface area (Å²) in [5.74, 6) is 0.833. The van der Waals surface area contributed by atoms with Crippen molar-refractivity contribution in [2.45, 2.75) is 44.5 Å². The molecule has 0 aromatic heterocycles. The second-order valence-corrected chi connectivity index (χ2v) is 14.1. The minimum Gasteiger partial charge on any atom is -0.498 e. The number of nitrogens with zero attached hydrogens (tertiary/aromatic N) is 2. The summed E-state index contributed by atoms with van der Waals surface area (Å²) in [6, 6.07) is 20.9. The van der Waals surface area contributed by atoms with E-state index in [-0.39, 0.29) is 5.04 Å². The number of para-hydroxylation sites is 2. The fourth-order valence-electron chi connectivity index (χ4n) is 3.49. The molecule has 2 aromatic rings. The van der Waals surface area contributed by atoms with E-state index < -0.39 is 13.9 Å². The van der Waals surface area contributed by atoms with Crippen molar-refractivity contribution in [2.24, 2.45) is 4.99 Å². The van der Waals surface area contributed by atoms with E-state index in [1.165, 1.54) is 0 Å². The molecule has 1 unspecified atom stereocenters. The molecule has 3 rings (SSSR count). The van der Waals surface area contributed by atoms with E-state index in [9.17, 15) is 0 Å². The van der Waals surface area contributed by atoms with Crippen LogP contribution in [0.4, 0.5) is 11.4 Å². The first kappa shape index (κ1) is 22.3. The molecule has 0 bridgehead atoms. The summed E-state index contributed by atoms with van der Waals surface area (Å²) in [4.78, 5) is 6.93. The summed E-state index contributed by atoms with van der Waals surface area (Å²) in [5.41, 5.74) is 1.58. The van der Waals surface area contributed by atoms with Gasteiger partial charge < -0.3 is 14.1 Å². The van der Waals surface area contributed by atoms with E-state index in [0.717, 1.165) is 17.1 Å². The van der Waals surface area contributed by atoms with Crippen molar-refractivity contribution < 1.29 is 9.16 Å². The lowest BCUT2D eigenvalue weighted by molar-refractivity contribution is 0.0472. The van der Waals surface area contributed by atoms with Crippen LogP contribution in [0.1, 0.15) is 20.8 Å². The number of hydrogen-bond donors (Lipinski definition) is 0. The first-order chi connectivity index (χ1) is 14.2. The molecular weight excluding hydrogens is 388 g/mol. The number of aliphatic imine (C=N–C) groups is 1. The smallest absolute Gasteiger partial charge is 0.193 e. The zero-order valence-corrected chi connectivity index (χ0v) is 20.1. The molecule has 0 spiro atoms. The Hall–Kier alpha value is -2.37. The van der Waals surface area contributed by atoms with Crippen LogP contribution in [0.25, 0.3) is 0 Å². The highest BCUT2D eigenvalue weighted by molar-refractivity contribution is 6.74. The molecule has 0 amide bonds. The topological polar surface area (TPSA) is 34.1 Å². The molecule has 1 heterocycles. The molecule has 2 aromatic carbocycles. The Morgan fingerprint density at radius 3 is 1.97 bits per heavy atom. The molecular formula is C25H34N2O2Si. The van der Waals surface area contributed by atoms with Gasteiger partial charge in [-0.25, -0.2) is 0 Å². The summed E-state index contributed by atoms with van der Waals surface area (Å²) < 4.78 is 13.0. The molecule has 0 aliphatic carbocycles. The largest absolute Gasteiger partial charge is 0.498 e. The Labute approximate surface area is 182 Å². The van der Waals surface area contributed by atoms with Gasteiger partial charge in [0, 0.05) is 17.6 Å². The van der Waals surface area contributed by atoms with Crippen molar-refractivity contribution in [3.05, 3.63) is 72.5 Å². The minimum absolute atomic E-state index is 0.0737. The molecule has 1 aliphatic heterocycles. The quantitative estimate of drug-likeness (QED) is 0.498. The number of hydrogen-bond acceptors (Lipinski definition) is 4. The number of rotatable bonds is 7. The zero-order valence-electron chi connectivity index (χ0n) is 19.1. The maximum atomic E-state index is 7.10. The summed E-state index contributed by atoms with van der Waals surface area (Å²) in [6.07, 6.45) is 3.77. The zero-order chi connectivity index (χ0) is 21.8. The second kappa shape index (κ2) is 8.78. The molecule has 0 N–H and O–H groups in total. The van der Waals surface area contributed by atoms with E-state index in [0.29, 0.717) is 13.1 Å². The number of methoxy groups -OCH3 is 1. The first-order valence-electron chi connectivity index (χ1n) is 10.5. The van der Waals surface area contributed by atoms with Gasteiger partial charge in [0.05, 0.1) is 20.2 Å². The number of dihydropyridines is 1. The average Bonchev–Trinajstić information content (AvgIpc) is 2.72. The van der Waals surface area contributed by atoms with Gasteiger partial charge in [0.2, 0.25) is 0 Å². The standard InChI is InChI=1S/C25H34N2O2Si/c1-24(2,3)30(5,6)29-25(19-26-18-17-23(25)28-4)20-27(21-13-9-7-10-14-21)22-15-11-8-12-16-22/h7-18H,19-20H2,1-6H3. The number of anilines is 2. The lowest BCUT2D eigenvalue weighted by Gasteiger charge is -2.48. The van der Waals surface area contributed by atoms with Gasteiger partial charge in [-0.05, 0) is 48.5 Å². The molecule has 0 radical (unpaired) electrons. The van der Waals surface area contributed by atoms with E-state index in [2.05, 4.69) is 92.3 Å². The summed E-state index contributed by atoms with van der Waals surface area (Å²) >= 11 is 0. The van der Waals surface area contributed by atoms with Crippen LogP contribution in [0.15, 0.2) is 77.5 Å². The van der Waals surface area contributed by atoms with Gasteiger partial charge in [-0.15, -0.1) is 0 Å². The number of ether oxygens (including phenoxy) is 1. The number of benzene rings is 2. The lowest BCUT2D eigenvalue weighted by atomic mass is 9.97. The average molecular weight is 423 g/mol. The molecule has 5 heteroatoms. The normalized spacial score (nSPS) is 19.3. The van der Waals surface area contributed by atoms with E-state index in [1.54, 1.807) is 7.11 Å². The van der Waals surface area contributed by atoms with Gasteiger partial charge in [-0.3, -0.25) is 4.99 Å². The molecule has 0 fully saturated rings. The molecule has 1 aliphatic rings. The lowest BCUT2D eigenvalue weighted by Crippen LogP contribution is -2.57. The predicted octanol–water partition coefficient (Wildman–Crippen LogP) is 6.20. The van der Waals surface area contributed by atoms with Crippen LogP contribution in [0.5, 0.6) is 0 Å². The maximum absolute atomic E-state index is 7.10. The van der Waals surface area contributed by atoms with E-state index in [1.807, 2.05) is 24.4 Å². The van der Waals surface area contributed by atoms with Crippen molar-refractivity contribution in [2.75, 3.05) is 25.1 Å². The molecule has 160 valence electrons. The van der Waals surface area contributed by atoms with Gasteiger partial charge in [0.25, 0.3) is 0 Å². The SMILES string of the molecule is COC1=CC=NCC1(CN(c1ccccc1)c1ccccc1)O[Si](C)(C)C(C)(C)C. The van der Waals surface area contributed by atoms with Crippen LogP contribution >= 0.6 is 0 Å². The monoisotopic (exact) mass is 422 g/mol. The minimum atomic E-state index is -2.11. The van der Waals surface area contributed by atoms with Crippen molar-refractivity contribution in [1.82, 2.24) is 0 Å². The fourth-order valence-corrected chi connectivity index (χ4v) is 5.00. The Bertz CT molecular complexity index is 849. The molecule has 4 nitrogen and oxygen atoms in total. The Morgan fingerprint density at radius 1 is 0.967 bits per heavy atom. The predicted molar refractivity (Wildman–Crippen MR) is 129 cm³/mol. The van der Waals surface area contributed by atoms with E-state index >= 15 is 0 Å². The van der Waals surface area contributed by atoms with Crippen LogP contribution in [-0.2, 0) is 9.16 Å². The van der Waals surface area contributed by atoms with Crippen molar-refractivity contribution in [3.8, 4) is 0 Å². The third-order valence-corrected chi connectivity index (χ3v) is 10.7. The Morgan fingerprint density at radius 2 is 1.50 bits per heavy atom. The summed E-state index contributed by atoms with van der Waals surface area (Å²) in [5, 5.41) is 0.0737. The van der Waals surface area contributed by atoms with Crippen molar-refractivity contribution >= 4 is 25.9 Å². The van der Waals surface area contributed by atoms with Crippen LogP contribution in [0.3, 0.4) is 0 Å². The molecule has 30 heavy (non-hydrogen) atoms. The highest BCUT2D eigenvalue weighted by Gasteiger charge is 2.49. The van der Waals surface area contributed by atoms with Gasteiger partial charge >= 0.3 is 0 Å². The third-order valence-electron chi connectivity index (χ3n) is 6.15. The summed E-state index contributed by atoms with van der Waals surface area (Å²) in [6.45, 7) is 12.5. The molecule has 1 atom stereocenters. The van der Waals surface area contributed by atoms with Crippen molar-refractivity contribution in [1.29, 1.82) is 0 Å². The van der Waals surface area contributed by atoms with Gasteiger partial charge in [-0.1, -0.05) is 57.2 Å². The van der Waals surface area contributed by atoms with Gasteiger partial charge in [0.1, 0.15) is 5.76 Å². The first-order valence-corrected chi connectivity index (χ1v) is 13.4. The summed E-state index contributed by atoms with van der Waals surface area (Å²) in [7, 11) is -0.387. The van der Waals surface area contributed by atoms with Crippen LogP contribution in [-0.4, -0.2) is 40.3 Å². The van der Waals surface area contributed by atoms with Gasteiger partial charge in [0.15, 0.2) is 13.9 Å². The van der Waals surface area contributed by atoms with Crippen LogP contribution < -0.4 is 4.90 Å². The van der Waals surface area contributed by atoms with Crippen LogP contribution in [0, 0.1) is 0 Å². The maximum Gasteiger partial charge on any atom is 0.193 e. The fraction of sp³-hybridized carbons (Fsp3) is 0.400. The van der Waals surface area contributed by atoms with Gasteiger partial charge in [-0.2, -0.15) is 0 Å². The second-order valence-electron chi connectivity index (χ2n) is 9.34. The Balaban J connectivity index is 2.09. The highest BCUT2D eigenvalue weighted by atomic mass is 28.4. The van der Waals surface area contributed by atoms with E-state index in [4.69, 9.17) is 9.16 Å².